The predicted molar refractivity (Wildman–Crippen MR) is 48.4 cm³/mol. The van der Waals surface area contributed by atoms with Crippen molar-refractivity contribution >= 4 is 0 Å². The van der Waals surface area contributed by atoms with Crippen molar-refractivity contribution in [3.63, 3.8) is 0 Å². The van der Waals surface area contributed by atoms with Crippen LogP contribution in [0, 0.1) is 11.7 Å². The first-order chi connectivity index (χ1) is 6.72. The number of hydrogen-bond acceptors (Lipinski definition) is 3. The molecule has 1 aromatic heterocycles. The maximum absolute atomic E-state index is 13.3. The van der Waals surface area contributed by atoms with Crippen LogP contribution in [0.15, 0.2) is 12.3 Å². The van der Waals surface area contributed by atoms with E-state index in [1.54, 1.807) is 0 Å². The Labute approximate surface area is 81.5 Å². The molecule has 0 saturated heterocycles. The van der Waals surface area contributed by atoms with E-state index in [0.717, 1.165) is 19.0 Å². The summed E-state index contributed by atoms with van der Waals surface area (Å²) in [6.07, 6.45) is 2.29. The molecule has 3 nitrogen and oxygen atoms in total. The van der Waals surface area contributed by atoms with E-state index >= 15 is 0 Å². The standard InChI is InChI=1S/C10H12FNO2/c1-14-9-4-7(8(11)5-12-9)10(13)6-2-3-6/h4-6,10,13H,2-3H2,1H3. The van der Waals surface area contributed by atoms with Crippen LogP contribution in [0.5, 0.6) is 5.88 Å². The lowest BCUT2D eigenvalue weighted by Gasteiger charge is -2.11. The second-order valence-electron chi connectivity index (χ2n) is 3.53. The Morgan fingerprint density at radius 2 is 2.36 bits per heavy atom. The van der Waals surface area contributed by atoms with Crippen LogP contribution in [0.3, 0.4) is 0 Å². The first-order valence-corrected chi connectivity index (χ1v) is 4.60. The number of aromatic nitrogens is 1. The van der Waals surface area contributed by atoms with Gasteiger partial charge < -0.3 is 9.84 Å². The molecule has 1 aliphatic rings. The normalized spacial score (nSPS) is 17.9. The zero-order valence-electron chi connectivity index (χ0n) is 7.90. The van der Waals surface area contributed by atoms with Gasteiger partial charge in [0, 0.05) is 11.6 Å². The smallest absolute Gasteiger partial charge is 0.213 e. The maximum atomic E-state index is 13.3. The van der Waals surface area contributed by atoms with Gasteiger partial charge in [0.25, 0.3) is 0 Å². The van der Waals surface area contributed by atoms with Gasteiger partial charge in [-0.2, -0.15) is 0 Å². The maximum Gasteiger partial charge on any atom is 0.213 e. The van der Waals surface area contributed by atoms with Crippen LogP contribution < -0.4 is 4.74 Å². The van der Waals surface area contributed by atoms with E-state index in [2.05, 4.69) is 4.98 Å². The molecule has 1 fully saturated rings. The van der Waals surface area contributed by atoms with Crippen LogP contribution in [-0.2, 0) is 0 Å². The second kappa shape index (κ2) is 3.53. The molecule has 0 aliphatic heterocycles. The molecule has 1 heterocycles. The first kappa shape index (κ1) is 9.40. The molecule has 1 aromatic rings. The van der Waals surface area contributed by atoms with Crippen molar-refractivity contribution < 1.29 is 14.2 Å². The van der Waals surface area contributed by atoms with Gasteiger partial charge in [0.2, 0.25) is 5.88 Å². The van der Waals surface area contributed by atoms with Crippen LogP contribution in [-0.4, -0.2) is 17.2 Å². The number of pyridine rings is 1. The molecule has 1 N–H and O–H groups in total. The second-order valence-corrected chi connectivity index (χ2v) is 3.53. The minimum atomic E-state index is -0.716. The van der Waals surface area contributed by atoms with Crippen LogP contribution in [0.2, 0.25) is 0 Å². The molecular weight excluding hydrogens is 185 g/mol. The summed E-state index contributed by atoms with van der Waals surface area (Å²) in [5, 5.41) is 9.74. The number of halogens is 1. The van der Waals surface area contributed by atoms with Gasteiger partial charge in [-0.15, -0.1) is 0 Å². The van der Waals surface area contributed by atoms with E-state index in [0.29, 0.717) is 11.4 Å². The Bertz CT molecular complexity index is 339. The number of aliphatic hydroxyl groups excluding tert-OH is 1. The highest BCUT2D eigenvalue weighted by Gasteiger charge is 2.32. The van der Waals surface area contributed by atoms with Gasteiger partial charge in [-0.1, -0.05) is 0 Å². The molecule has 2 rings (SSSR count). The van der Waals surface area contributed by atoms with Crippen molar-refractivity contribution in [2.24, 2.45) is 5.92 Å². The quantitative estimate of drug-likeness (QED) is 0.801. The van der Waals surface area contributed by atoms with E-state index in [4.69, 9.17) is 4.74 Å². The Hall–Kier alpha value is -1.16. The molecule has 76 valence electrons. The first-order valence-electron chi connectivity index (χ1n) is 4.60. The minimum Gasteiger partial charge on any atom is -0.481 e. The fraction of sp³-hybridized carbons (Fsp3) is 0.500. The number of ether oxygens (including phenoxy) is 1. The monoisotopic (exact) mass is 197 g/mol. The number of nitrogens with zero attached hydrogens (tertiary/aromatic N) is 1. The summed E-state index contributed by atoms with van der Waals surface area (Å²) in [6.45, 7) is 0. The summed E-state index contributed by atoms with van der Waals surface area (Å²) in [7, 11) is 1.47. The highest BCUT2D eigenvalue weighted by Crippen LogP contribution is 2.41. The van der Waals surface area contributed by atoms with Crippen LogP contribution in [0.25, 0.3) is 0 Å². The predicted octanol–water partition coefficient (Wildman–Crippen LogP) is 1.67. The molecular formula is C10H12FNO2. The lowest BCUT2D eigenvalue weighted by atomic mass is 10.1. The molecule has 0 radical (unpaired) electrons. The molecule has 1 aliphatic carbocycles. The van der Waals surface area contributed by atoms with Crippen LogP contribution >= 0.6 is 0 Å². The Morgan fingerprint density at radius 1 is 1.64 bits per heavy atom. The summed E-state index contributed by atoms with van der Waals surface area (Å²) in [4.78, 5) is 3.71. The van der Waals surface area contributed by atoms with Crippen molar-refractivity contribution in [2.45, 2.75) is 18.9 Å². The highest BCUT2D eigenvalue weighted by atomic mass is 19.1. The molecule has 0 spiro atoms. The van der Waals surface area contributed by atoms with Crippen LogP contribution in [0.1, 0.15) is 24.5 Å². The third-order valence-electron chi connectivity index (χ3n) is 2.46. The summed E-state index contributed by atoms with van der Waals surface area (Å²) < 4.78 is 18.1. The van der Waals surface area contributed by atoms with E-state index in [-0.39, 0.29) is 5.92 Å². The number of methoxy groups -OCH3 is 1. The molecule has 0 amide bonds. The highest BCUT2D eigenvalue weighted by molar-refractivity contribution is 5.25. The fourth-order valence-corrected chi connectivity index (χ4v) is 1.44. The molecule has 14 heavy (non-hydrogen) atoms. The summed E-state index contributed by atoms with van der Waals surface area (Å²) in [5.74, 6) is 0.0721. The van der Waals surface area contributed by atoms with Crippen molar-refractivity contribution in [1.29, 1.82) is 0 Å². The van der Waals surface area contributed by atoms with Gasteiger partial charge in [-0.05, 0) is 18.8 Å². The topological polar surface area (TPSA) is 42.4 Å². The zero-order valence-corrected chi connectivity index (χ0v) is 7.90. The number of hydrogen-bond donors (Lipinski definition) is 1. The molecule has 0 aromatic carbocycles. The van der Waals surface area contributed by atoms with Crippen molar-refractivity contribution in [3.05, 3.63) is 23.6 Å². The fourth-order valence-electron chi connectivity index (χ4n) is 1.44. The average Bonchev–Trinajstić information content (AvgIpc) is 3.01. The Morgan fingerprint density at radius 3 is 2.93 bits per heavy atom. The average molecular weight is 197 g/mol. The van der Waals surface area contributed by atoms with Gasteiger partial charge in [-0.3, -0.25) is 0 Å². The van der Waals surface area contributed by atoms with Crippen molar-refractivity contribution in [1.82, 2.24) is 4.98 Å². The lowest BCUT2D eigenvalue weighted by molar-refractivity contribution is 0.148. The van der Waals surface area contributed by atoms with Crippen molar-refractivity contribution in [2.75, 3.05) is 7.11 Å². The van der Waals surface area contributed by atoms with Crippen molar-refractivity contribution in [3.8, 4) is 5.88 Å². The molecule has 1 atom stereocenters. The summed E-state index contributed by atoms with van der Waals surface area (Å²) in [6, 6.07) is 1.46. The SMILES string of the molecule is COc1cc(C(O)C2CC2)c(F)cn1. The van der Waals surface area contributed by atoms with E-state index < -0.39 is 11.9 Å². The molecule has 4 heteroatoms. The van der Waals surface area contributed by atoms with Gasteiger partial charge in [0.15, 0.2) is 0 Å². The molecule has 1 unspecified atom stereocenters. The molecule has 1 saturated carbocycles. The van der Waals surface area contributed by atoms with E-state index in [9.17, 15) is 9.50 Å². The van der Waals surface area contributed by atoms with E-state index in [1.165, 1.54) is 13.2 Å². The number of rotatable bonds is 3. The van der Waals surface area contributed by atoms with Crippen LogP contribution in [0.4, 0.5) is 4.39 Å². The Kier molecular flexibility index (Phi) is 2.37. The lowest BCUT2D eigenvalue weighted by Crippen LogP contribution is -2.04. The van der Waals surface area contributed by atoms with Gasteiger partial charge >= 0.3 is 0 Å². The van der Waals surface area contributed by atoms with Gasteiger partial charge in [0.05, 0.1) is 19.4 Å². The third-order valence-corrected chi connectivity index (χ3v) is 2.46. The summed E-state index contributed by atoms with van der Waals surface area (Å²) >= 11 is 0. The van der Waals surface area contributed by atoms with Gasteiger partial charge in [-0.25, -0.2) is 9.37 Å². The number of aliphatic hydroxyl groups is 1. The molecule has 0 bridgehead atoms. The largest absolute Gasteiger partial charge is 0.481 e. The zero-order chi connectivity index (χ0) is 10.1. The van der Waals surface area contributed by atoms with E-state index in [1.807, 2.05) is 0 Å². The third kappa shape index (κ3) is 1.70. The summed E-state index contributed by atoms with van der Waals surface area (Å²) in [5.41, 5.74) is 0.291. The van der Waals surface area contributed by atoms with Gasteiger partial charge in [0.1, 0.15) is 5.82 Å². The Balaban J connectivity index is 2.29. The minimum absolute atomic E-state index is 0.205.